The van der Waals surface area contributed by atoms with Gasteiger partial charge < -0.3 is 10.1 Å². The molecule has 2 rings (SSSR count). The fourth-order valence-electron chi connectivity index (χ4n) is 1.78. The number of aromatic nitrogens is 2. The highest BCUT2D eigenvalue weighted by Crippen LogP contribution is 2.14. The summed E-state index contributed by atoms with van der Waals surface area (Å²) in [6.45, 7) is 4.04. The number of nitrogens with one attached hydrogen (secondary N) is 1. The molecule has 0 atom stereocenters. The van der Waals surface area contributed by atoms with Crippen LogP contribution < -0.4 is 5.56 Å². The van der Waals surface area contributed by atoms with Crippen molar-refractivity contribution in [3.63, 3.8) is 0 Å². The molecule has 0 amide bonds. The van der Waals surface area contributed by atoms with Crippen LogP contribution in [0.4, 0.5) is 0 Å². The zero-order valence-corrected chi connectivity index (χ0v) is 11.5. The van der Waals surface area contributed by atoms with E-state index in [1.54, 1.807) is 11.0 Å². The zero-order valence-electron chi connectivity index (χ0n) is 10.7. The number of carboxylic acid groups (broad SMARTS) is 1. The van der Waals surface area contributed by atoms with Crippen molar-refractivity contribution in [2.45, 2.75) is 26.4 Å². The molecule has 2 N–H and O–H groups in total. The van der Waals surface area contributed by atoms with Crippen molar-refractivity contribution in [3.8, 4) is 0 Å². The van der Waals surface area contributed by atoms with Crippen LogP contribution in [-0.4, -0.2) is 38.5 Å². The molecule has 0 unspecified atom stereocenters. The van der Waals surface area contributed by atoms with Crippen molar-refractivity contribution in [3.05, 3.63) is 27.6 Å². The van der Waals surface area contributed by atoms with Gasteiger partial charge >= 0.3 is 5.97 Å². The number of aromatic amines is 1. The van der Waals surface area contributed by atoms with Gasteiger partial charge in [-0.3, -0.25) is 14.5 Å². The van der Waals surface area contributed by atoms with E-state index < -0.39 is 5.97 Å². The second-order valence-corrected chi connectivity index (χ2v) is 5.46. The van der Waals surface area contributed by atoms with Crippen LogP contribution in [0.1, 0.15) is 19.7 Å². The molecule has 0 aliphatic heterocycles. The topological polar surface area (TPSA) is 86.3 Å². The van der Waals surface area contributed by atoms with E-state index in [-0.39, 0.29) is 18.1 Å². The molecule has 0 saturated carbocycles. The summed E-state index contributed by atoms with van der Waals surface area (Å²) in [6.07, 6.45) is 0. The largest absolute Gasteiger partial charge is 0.480 e. The lowest BCUT2D eigenvalue weighted by molar-refractivity contribution is -0.139. The number of fused-ring (bicyclic) bond motifs is 1. The van der Waals surface area contributed by atoms with Crippen LogP contribution in [-0.2, 0) is 11.3 Å². The van der Waals surface area contributed by atoms with E-state index in [1.807, 2.05) is 19.2 Å². The predicted molar refractivity (Wildman–Crippen MR) is 73.4 cm³/mol. The van der Waals surface area contributed by atoms with E-state index in [0.29, 0.717) is 22.6 Å². The molecule has 102 valence electrons. The maximum atomic E-state index is 11.8. The summed E-state index contributed by atoms with van der Waals surface area (Å²) in [5.74, 6) is -0.404. The van der Waals surface area contributed by atoms with Gasteiger partial charge in [0.05, 0.1) is 18.6 Å². The molecule has 2 heterocycles. The average Bonchev–Trinajstić information content (AvgIpc) is 2.76. The third-order valence-electron chi connectivity index (χ3n) is 2.79. The Kier molecular flexibility index (Phi) is 3.96. The van der Waals surface area contributed by atoms with Crippen LogP contribution in [0.25, 0.3) is 10.2 Å². The highest BCUT2D eigenvalue weighted by Gasteiger charge is 2.15. The predicted octanol–water partition coefficient (Wildman–Crippen LogP) is 1.28. The van der Waals surface area contributed by atoms with Crippen molar-refractivity contribution in [1.29, 1.82) is 0 Å². The SMILES string of the molecule is CC(C)N(CC(=O)O)Cc1nc2ccsc2c(=O)[nH]1. The summed E-state index contributed by atoms with van der Waals surface area (Å²) >= 11 is 1.34. The molecule has 0 aliphatic rings. The Labute approximate surface area is 113 Å². The summed E-state index contributed by atoms with van der Waals surface area (Å²) < 4.78 is 0.595. The van der Waals surface area contributed by atoms with Crippen molar-refractivity contribution in [1.82, 2.24) is 14.9 Å². The minimum atomic E-state index is -0.896. The second kappa shape index (κ2) is 5.50. The van der Waals surface area contributed by atoms with E-state index in [9.17, 15) is 9.59 Å². The molecule has 0 aliphatic carbocycles. The minimum Gasteiger partial charge on any atom is -0.480 e. The summed E-state index contributed by atoms with van der Waals surface area (Å²) in [4.78, 5) is 31.4. The first-order valence-electron chi connectivity index (χ1n) is 5.89. The van der Waals surface area contributed by atoms with Crippen LogP contribution >= 0.6 is 11.3 Å². The van der Waals surface area contributed by atoms with Crippen molar-refractivity contribution >= 4 is 27.5 Å². The molecule has 0 bridgehead atoms. The maximum absolute atomic E-state index is 11.8. The zero-order chi connectivity index (χ0) is 14.0. The number of thiophene rings is 1. The van der Waals surface area contributed by atoms with Crippen molar-refractivity contribution in [2.24, 2.45) is 0 Å². The first-order chi connectivity index (χ1) is 8.97. The Morgan fingerprint density at radius 2 is 2.32 bits per heavy atom. The molecule has 19 heavy (non-hydrogen) atoms. The summed E-state index contributed by atoms with van der Waals surface area (Å²) in [5, 5.41) is 10.7. The highest BCUT2D eigenvalue weighted by atomic mass is 32.1. The molecule has 0 radical (unpaired) electrons. The lowest BCUT2D eigenvalue weighted by Crippen LogP contribution is -2.36. The summed E-state index contributed by atoms with van der Waals surface area (Å²) in [6, 6.07) is 1.84. The van der Waals surface area contributed by atoms with Gasteiger partial charge in [-0.2, -0.15) is 0 Å². The molecule has 6 nitrogen and oxygen atoms in total. The van der Waals surface area contributed by atoms with Gasteiger partial charge in [0.1, 0.15) is 10.5 Å². The van der Waals surface area contributed by atoms with Crippen LogP contribution in [0.5, 0.6) is 0 Å². The molecule has 7 heteroatoms. The fourth-order valence-corrected chi connectivity index (χ4v) is 2.51. The van der Waals surface area contributed by atoms with Crippen LogP contribution in [0.3, 0.4) is 0 Å². The van der Waals surface area contributed by atoms with E-state index in [4.69, 9.17) is 5.11 Å². The lowest BCUT2D eigenvalue weighted by atomic mass is 10.3. The van der Waals surface area contributed by atoms with Gasteiger partial charge in [-0.1, -0.05) is 0 Å². The number of hydrogen-bond acceptors (Lipinski definition) is 5. The number of nitrogens with zero attached hydrogens (tertiary/aromatic N) is 2. The van der Waals surface area contributed by atoms with Gasteiger partial charge in [0.25, 0.3) is 5.56 Å². The van der Waals surface area contributed by atoms with Gasteiger partial charge in [0.2, 0.25) is 0 Å². The third-order valence-corrected chi connectivity index (χ3v) is 3.69. The monoisotopic (exact) mass is 281 g/mol. The average molecular weight is 281 g/mol. The van der Waals surface area contributed by atoms with Gasteiger partial charge in [-0.25, -0.2) is 4.98 Å². The van der Waals surface area contributed by atoms with Gasteiger partial charge in [0.15, 0.2) is 0 Å². The van der Waals surface area contributed by atoms with Crippen molar-refractivity contribution < 1.29 is 9.90 Å². The lowest BCUT2D eigenvalue weighted by Gasteiger charge is -2.23. The fraction of sp³-hybridized carbons (Fsp3) is 0.417. The molecule has 2 aromatic rings. The molecule has 0 fully saturated rings. The number of hydrogen-bond donors (Lipinski definition) is 2. The summed E-state index contributed by atoms with van der Waals surface area (Å²) in [5.41, 5.74) is 0.483. The highest BCUT2D eigenvalue weighted by molar-refractivity contribution is 7.17. The van der Waals surface area contributed by atoms with Gasteiger partial charge in [0, 0.05) is 6.04 Å². The molecular formula is C12H15N3O3S. The standard InChI is InChI=1S/C12H15N3O3S/c1-7(2)15(6-10(16)17)5-9-13-8-3-4-19-11(8)12(18)14-9/h3-4,7H,5-6H2,1-2H3,(H,16,17)(H,13,14,18). The number of carbonyl (C=O) groups is 1. The molecule has 2 aromatic heterocycles. The van der Waals surface area contributed by atoms with Gasteiger partial charge in [-0.05, 0) is 25.3 Å². The number of H-pyrrole nitrogens is 1. The Morgan fingerprint density at radius 3 is 2.95 bits per heavy atom. The van der Waals surface area contributed by atoms with E-state index in [0.717, 1.165) is 0 Å². The smallest absolute Gasteiger partial charge is 0.317 e. The van der Waals surface area contributed by atoms with Crippen molar-refractivity contribution in [2.75, 3.05) is 6.54 Å². The normalized spacial score (nSPS) is 11.6. The van der Waals surface area contributed by atoms with Crippen LogP contribution in [0.15, 0.2) is 16.2 Å². The number of rotatable bonds is 5. The Morgan fingerprint density at radius 1 is 1.58 bits per heavy atom. The van der Waals surface area contributed by atoms with E-state index >= 15 is 0 Å². The molecule has 0 spiro atoms. The Bertz CT molecular complexity index is 647. The van der Waals surface area contributed by atoms with Gasteiger partial charge in [-0.15, -0.1) is 11.3 Å². The molecule has 0 aromatic carbocycles. The van der Waals surface area contributed by atoms with Crippen LogP contribution in [0, 0.1) is 0 Å². The third kappa shape index (κ3) is 3.18. The maximum Gasteiger partial charge on any atom is 0.317 e. The molecule has 0 saturated heterocycles. The summed E-state index contributed by atoms with van der Waals surface area (Å²) in [7, 11) is 0. The number of carboxylic acids is 1. The van der Waals surface area contributed by atoms with Crippen LogP contribution in [0.2, 0.25) is 0 Å². The number of aliphatic carboxylic acids is 1. The van der Waals surface area contributed by atoms with E-state index in [1.165, 1.54) is 11.3 Å². The Balaban J connectivity index is 2.28. The molecular weight excluding hydrogens is 266 g/mol. The van der Waals surface area contributed by atoms with E-state index in [2.05, 4.69) is 9.97 Å². The second-order valence-electron chi connectivity index (χ2n) is 4.54. The first kappa shape index (κ1) is 13.7. The minimum absolute atomic E-state index is 0.0552. The Hall–Kier alpha value is -1.73. The first-order valence-corrected chi connectivity index (χ1v) is 6.77. The quantitative estimate of drug-likeness (QED) is 0.862.